The van der Waals surface area contributed by atoms with Crippen LogP contribution in [0.2, 0.25) is 0 Å². The number of hydrogen-bond acceptors (Lipinski definition) is 5. The van der Waals surface area contributed by atoms with Gasteiger partial charge in [0.2, 0.25) is 11.8 Å². The van der Waals surface area contributed by atoms with E-state index in [1.54, 1.807) is 25.2 Å². The van der Waals surface area contributed by atoms with Crippen LogP contribution >= 0.6 is 0 Å². The minimum absolute atomic E-state index is 0.0166. The third-order valence-electron chi connectivity index (χ3n) is 9.09. The summed E-state index contributed by atoms with van der Waals surface area (Å²) in [4.78, 5) is 33.6. The van der Waals surface area contributed by atoms with Gasteiger partial charge in [0.15, 0.2) is 0 Å². The van der Waals surface area contributed by atoms with Crippen molar-refractivity contribution in [3.63, 3.8) is 0 Å². The molecule has 4 aliphatic heterocycles. The molecule has 1 aromatic carbocycles. The summed E-state index contributed by atoms with van der Waals surface area (Å²) >= 11 is 0. The molecule has 5 atom stereocenters. The van der Waals surface area contributed by atoms with Crippen LogP contribution in [-0.4, -0.2) is 74.1 Å². The minimum atomic E-state index is -0.308. The lowest BCUT2D eigenvalue weighted by Crippen LogP contribution is -2.60. The van der Waals surface area contributed by atoms with E-state index in [1.807, 2.05) is 12.1 Å². The molecular formula is C28H37N3O4. The van der Waals surface area contributed by atoms with Crippen LogP contribution in [0, 0.1) is 17.8 Å². The molecule has 6 rings (SSSR count). The van der Waals surface area contributed by atoms with Crippen molar-refractivity contribution in [2.24, 2.45) is 17.8 Å². The fraction of sp³-hybridized carbons (Fsp3) is 0.643. The van der Waals surface area contributed by atoms with Gasteiger partial charge in [0, 0.05) is 38.2 Å². The molecule has 0 saturated carbocycles. The summed E-state index contributed by atoms with van der Waals surface area (Å²) in [5, 5.41) is 0. The van der Waals surface area contributed by atoms with E-state index in [0.717, 1.165) is 25.9 Å². The Morgan fingerprint density at radius 3 is 2.77 bits per heavy atom. The summed E-state index contributed by atoms with van der Waals surface area (Å²) in [6, 6.07) is 6.39. The number of piperidine rings is 3. The summed E-state index contributed by atoms with van der Waals surface area (Å²) in [6.45, 7) is 3.54. The number of carbonyl (C=O) groups excluding carboxylic acids is 2. The van der Waals surface area contributed by atoms with Gasteiger partial charge in [-0.1, -0.05) is 18.1 Å². The van der Waals surface area contributed by atoms with Crippen molar-refractivity contribution in [1.82, 2.24) is 9.80 Å². The topological polar surface area (TPSA) is 62.3 Å². The van der Waals surface area contributed by atoms with Gasteiger partial charge < -0.3 is 19.3 Å². The molecular weight excluding hydrogens is 442 g/mol. The largest absolute Gasteiger partial charge is 0.497 e. The molecule has 5 aliphatic rings. The molecule has 2 bridgehead atoms. The minimum Gasteiger partial charge on any atom is -0.497 e. The number of carbonyl (C=O) groups is 2. The number of nitrogens with zero attached hydrogens (tertiary/aromatic N) is 3. The van der Waals surface area contributed by atoms with Gasteiger partial charge >= 0.3 is 0 Å². The average Bonchev–Trinajstić information content (AvgIpc) is 3.28. The van der Waals surface area contributed by atoms with Gasteiger partial charge in [0.1, 0.15) is 11.5 Å². The van der Waals surface area contributed by atoms with Crippen molar-refractivity contribution in [3.05, 3.63) is 29.8 Å². The fourth-order valence-corrected chi connectivity index (χ4v) is 7.57. The van der Waals surface area contributed by atoms with Crippen molar-refractivity contribution in [2.45, 2.75) is 57.0 Å². The Labute approximate surface area is 208 Å². The van der Waals surface area contributed by atoms with Gasteiger partial charge in [-0.2, -0.15) is 0 Å². The highest BCUT2D eigenvalue weighted by Crippen LogP contribution is 2.46. The molecule has 4 unspecified atom stereocenters. The molecule has 1 aromatic rings. The Morgan fingerprint density at radius 1 is 1.06 bits per heavy atom. The standard InChI is InChI=1S/C28H37N3O4/c1-34-22-8-9-24(25(15-22)35-2)31-17-21(14-26(31)32)28(33)30-11-5-6-18-12-19-13-20(27(18)30)16-29-10-4-3-7-23(19)29/h8-9,12,15,19-21,23,27H,3-7,10-11,13-14,16-17H2,1-2H3/t19-,20?,21?,23?,27?/m0/s1. The van der Waals surface area contributed by atoms with E-state index in [1.165, 1.54) is 37.8 Å². The van der Waals surface area contributed by atoms with Gasteiger partial charge in [-0.3, -0.25) is 14.5 Å². The Bertz CT molecular complexity index is 1040. The van der Waals surface area contributed by atoms with Crippen LogP contribution in [0.1, 0.15) is 44.9 Å². The molecule has 0 radical (unpaired) electrons. The van der Waals surface area contributed by atoms with E-state index in [0.29, 0.717) is 41.6 Å². The molecule has 2 amide bonds. The first-order chi connectivity index (χ1) is 17.1. The normalized spacial score (nSPS) is 32.6. The first kappa shape index (κ1) is 22.9. The first-order valence-corrected chi connectivity index (χ1v) is 13.3. The predicted octanol–water partition coefficient (Wildman–Crippen LogP) is 3.48. The van der Waals surface area contributed by atoms with Gasteiger partial charge in [0.05, 0.1) is 31.9 Å². The first-order valence-electron chi connectivity index (χ1n) is 13.3. The summed E-state index contributed by atoms with van der Waals surface area (Å²) in [7, 11) is 3.20. The Morgan fingerprint density at radius 2 is 1.94 bits per heavy atom. The SMILES string of the molecule is COc1ccc(N2CC(C(=O)N3CCCC4=C[C@H]5CC(CN6CCCCC56)C43)CC2=O)c(OC)c1. The number of fused-ring (bicyclic) bond motifs is 6. The maximum absolute atomic E-state index is 13.9. The van der Waals surface area contributed by atoms with Gasteiger partial charge in [-0.05, 0) is 62.6 Å². The molecule has 188 valence electrons. The van der Waals surface area contributed by atoms with Crippen molar-refractivity contribution in [1.29, 1.82) is 0 Å². The summed E-state index contributed by atoms with van der Waals surface area (Å²) in [6.07, 6.45) is 10.1. The van der Waals surface area contributed by atoms with Crippen LogP contribution in [0.3, 0.4) is 0 Å². The Balaban J connectivity index is 1.22. The van der Waals surface area contributed by atoms with E-state index >= 15 is 0 Å². The second kappa shape index (κ2) is 9.16. The average molecular weight is 480 g/mol. The number of methoxy groups -OCH3 is 2. The molecule has 4 heterocycles. The van der Waals surface area contributed by atoms with Gasteiger partial charge in [0.25, 0.3) is 0 Å². The van der Waals surface area contributed by atoms with Crippen LogP contribution in [0.25, 0.3) is 0 Å². The smallest absolute Gasteiger partial charge is 0.228 e. The predicted molar refractivity (Wildman–Crippen MR) is 134 cm³/mol. The number of rotatable bonds is 4. The lowest BCUT2D eigenvalue weighted by Gasteiger charge is -2.55. The summed E-state index contributed by atoms with van der Waals surface area (Å²) < 4.78 is 10.8. The number of hydrogen-bond donors (Lipinski definition) is 0. The number of anilines is 1. The lowest BCUT2D eigenvalue weighted by atomic mass is 9.68. The van der Waals surface area contributed by atoms with Crippen molar-refractivity contribution in [3.8, 4) is 11.5 Å². The number of likely N-dealkylation sites (tertiary alicyclic amines) is 1. The molecule has 1 aliphatic carbocycles. The monoisotopic (exact) mass is 479 g/mol. The second-order valence-corrected chi connectivity index (χ2v) is 11.0. The molecule has 0 N–H and O–H groups in total. The van der Waals surface area contributed by atoms with Crippen LogP contribution in [0.4, 0.5) is 5.69 Å². The van der Waals surface area contributed by atoms with E-state index in [9.17, 15) is 9.59 Å². The molecule has 35 heavy (non-hydrogen) atoms. The van der Waals surface area contributed by atoms with E-state index < -0.39 is 0 Å². The van der Waals surface area contributed by atoms with Gasteiger partial charge in [-0.15, -0.1) is 0 Å². The van der Waals surface area contributed by atoms with Crippen molar-refractivity contribution >= 4 is 17.5 Å². The Kier molecular flexibility index (Phi) is 5.99. The molecule has 4 saturated heterocycles. The van der Waals surface area contributed by atoms with Crippen molar-refractivity contribution < 1.29 is 19.1 Å². The van der Waals surface area contributed by atoms with E-state index in [4.69, 9.17) is 9.47 Å². The quantitative estimate of drug-likeness (QED) is 0.619. The zero-order chi connectivity index (χ0) is 24.1. The van der Waals surface area contributed by atoms with E-state index in [2.05, 4.69) is 15.9 Å². The van der Waals surface area contributed by atoms with Crippen molar-refractivity contribution in [2.75, 3.05) is 45.3 Å². The van der Waals surface area contributed by atoms with Crippen LogP contribution < -0.4 is 14.4 Å². The number of amides is 2. The maximum Gasteiger partial charge on any atom is 0.228 e. The highest BCUT2D eigenvalue weighted by atomic mass is 16.5. The highest BCUT2D eigenvalue weighted by molar-refractivity contribution is 6.01. The number of ether oxygens (including phenoxy) is 2. The molecule has 7 nitrogen and oxygen atoms in total. The molecule has 0 aromatic heterocycles. The number of benzene rings is 1. The summed E-state index contributed by atoms with van der Waals surface area (Å²) in [5.74, 6) is 2.27. The molecule has 0 spiro atoms. The molecule has 4 fully saturated rings. The zero-order valence-electron chi connectivity index (χ0n) is 20.9. The maximum atomic E-state index is 13.9. The third-order valence-corrected chi connectivity index (χ3v) is 9.09. The van der Waals surface area contributed by atoms with Crippen LogP contribution in [0.15, 0.2) is 29.8 Å². The molecule has 7 heteroatoms. The fourth-order valence-electron chi connectivity index (χ4n) is 7.57. The Hall–Kier alpha value is -2.54. The van der Waals surface area contributed by atoms with Crippen LogP contribution in [-0.2, 0) is 9.59 Å². The lowest BCUT2D eigenvalue weighted by molar-refractivity contribution is -0.140. The van der Waals surface area contributed by atoms with E-state index in [-0.39, 0.29) is 30.2 Å². The highest BCUT2D eigenvalue weighted by Gasteiger charge is 2.48. The van der Waals surface area contributed by atoms with Gasteiger partial charge in [-0.25, -0.2) is 0 Å². The third kappa shape index (κ3) is 3.92. The van der Waals surface area contributed by atoms with Crippen LogP contribution in [0.5, 0.6) is 11.5 Å². The summed E-state index contributed by atoms with van der Waals surface area (Å²) in [5.41, 5.74) is 2.20. The zero-order valence-corrected chi connectivity index (χ0v) is 20.9. The second-order valence-electron chi connectivity index (χ2n) is 11.0.